The molecule has 0 fully saturated rings. The molecule has 70 valence electrons. The Morgan fingerprint density at radius 1 is 1.17 bits per heavy atom. The van der Waals surface area contributed by atoms with Crippen molar-refractivity contribution < 1.29 is 10.4 Å². The molecule has 0 aromatic carbocycles. The average Bonchev–Trinajstić information content (AvgIpc) is 2.12. The summed E-state index contributed by atoms with van der Waals surface area (Å²) in [6.07, 6.45) is 0. The topological polar surface area (TPSA) is 68.4 Å². The molecular formula is C7H15N3O2. The van der Waals surface area contributed by atoms with Gasteiger partial charge < -0.3 is 15.3 Å². The Labute approximate surface area is 72.0 Å². The highest BCUT2D eigenvalue weighted by Gasteiger charge is 2.11. The van der Waals surface area contributed by atoms with Gasteiger partial charge in [0.15, 0.2) is 5.84 Å². The van der Waals surface area contributed by atoms with Crippen molar-refractivity contribution in [1.29, 1.82) is 0 Å². The van der Waals surface area contributed by atoms with Crippen molar-refractivity contribution in [3.05, 3.63) is 0 Å². The zero-order valence-electron chi connectivity index (χ0n) is 7.65. The molecule has 0 aromatic rings. The molecular weight excluding hydrogens is 158 g/mol. The first-order valence-corrected chi connectivity index (χ1v) is 3.87. The Kier molecular flexibility index (Phi) is 4.83. The second-order valence-electron chi connectivity index (χ2n) is 2.28. The van der Waals surface area contributed by atoms with E-state index in [0.717, 1.165) is 0 Å². The summed E-state index contributed by atoms with van der Waals surface area (Å²) in [4.78, 5) is 1.79. The molecule has 0 aliphatic heterocycles. The van der Waals surface area contributed by atoms with Crippen LogP contribution in [-0.2, 0) is 0 Å². The second-order valence-corrected chi connectivity index (χ2v) is 2.28. The fourth-order valence-corrected chi connectivity index (χ4v) is 0.932. The van der Waals surface area contributed by atoms with E-state index in [1.807, 2.05) is 13.8 Å². The molecule has 0 aliphatic carbocycles. The molecule has 5 nitrogen and oxygen atoms in total. The van der Waals surface area contributed by atoms with E-state index >= 15 is 0 Å². The zero-order chi connectivity index (χ0) is 9.56. The zero-order valence-corrected chi connectivity index (χ0v) is 7.65. The van der Waals surface area contributed by atoms with Gasteiger partial charge in [-0.15, -0.1) is 0 Å². The van der Waals surface area contributed by atoms with Gasteiger partial charge in [-0.3, -0.25) is 0 Å². The maximum Gasteiger partial charge on any atom is 0.192 e. The van der Waals surface area contributed by atoms with Crippen LogP contribution in [0.2, 0.25) is 0 Å². The predicted octanol–water partition coefficient (Wildman–Crippen LogP) is 0.966. The van der Waals surface area contributed by atoms with E-state index in [0.29, 0.717) is 24.6 Å². The number of amidine groups is 1. The molecule has 0 spiro atoms. The highest BCUT2D eigenvalue weighted by Crippen LogP contribution is 1.94. The fraction of sp³-hybridized carbons (Fsp3) is 0.714. The molecule has 0 rings (SSSR count). The van der Waals surface area contributed by atoms with Crippen molar-refractivity contribution in [3.8, 4) is 0 Å². The van der Waals surface area contributed by atoms with Crippen molar-refractivity contribution in [1.82, 2.24) is 4.90 Å². The molecule has 0 saturated carbocycles. The van der Waals surface area contributed by atoms with Crippen LogP contribution in [0.25, 0.3) is 0 Å². The summed E-state index contributed by atoms with van der Waals surface area (Å²) in [5.41, 5.74) is 0.307. The summed E-state index contributed by atoms with van der Waals surface area (Å²) in [7, 11) is 0. The van der Waals surface area contributed by atoms with E-state index in [4.69, 9.17) is 10.4 Å². The number of hydrogen-bond donors (Lipinski definition) is 2. The third-order valence-corrected chi connectivity index (χ3v) is 1.63. The van der Waals surface area contributed by atoms with Crippen LogP contribution in [0.4, 0.5) is 0 Å². The van der Waals surface area contributed by atoms with Gasteiger partial charge in [0.05, 0.1) is 0 Å². The van der Waals surface area contributed by atoms with Crippen LogP contribution in [0, 0.1) is 0 Å². The maximum atomic E-state index is 8.61. The lowest BCUT2D eigenvalue weighted by Crippen LogP contribution is -2.35. The molecule has 0 radical (unpaired) electrons. The highest BCUT2D eigenvalue weighted by molar-refractivity contribution is 6.40. The van der Waals surface area contributed by atoms with Gasteiger partial charge in [-0.1, -0.05) is 10.3 Å². The first-order chi connectivity index (χ1) is 5.71. The maximum absolute atomic E-state index is 8.61. The SMILES string of the molecule is CCN(CC)C(=NO)C(C)=NO. The van der Waals surface area contributed by atoms with Gasteiger partial charge in [-0.25, -0.2) is 0 Å². The first-order valence-electron chi connectivity index (χ1n) is 3.87. The molecule has 0 aromatic heterocycles. The van der Waals surface area contributed by atoms with Crippen LogP contribution >= 0.6 is 0 Å². The lowest BCUT2D eigenvalue weighted by atomic mass is 10.3. The van der Waals surface area contributed by atoms with Gasteiger partial charge in [-0.2, -0.15) is 0 Å². The van der Waals surface area contributed by atoms with Gasteiger partial charge >= 0.3 is 0 Å². The molecule has 5 heteroatoms. The summed E-state index contributed by atoms with van der Waals surface area (Å²) < 4.78 is 0. The quantitative estimate of drug-likeness (QED) is 0.289. The van der Waals surface area contributed by atoms with Gasteiger partial charge in [0.2, 0.25) is 0 Å². The van der Waals surface area contributed by atoms with E-state index in [1.165, 1.54) is 0 Å². The Morgan fingerprint density at radius 2 is 1.67 bits per heavy atom. The molecule has 0 bridgehead atoms. The Morgan fingerprint density at radius 3 is 1.92 bits per heavy atom. The molecule has 12 heavy (non-hydrogen) atoms. The summed E-state index contributed by atoms with van der Waals surface area (Å²) >= 11 is 0. The molecule has 0 amide bonds. The van der Waals surface area contributed by atoms with Crippen LogP contribution < -0.4 is 0 Å². The standard InChI is InChI=1S/C7H15N3O2/c1-4-10(5-2)7(9-12)6(3)8-11/h11-12H,4-5H2,1-3H3. The average molecular weight is 173 g/mol. The number of nitrogens with zero attached hydrogens (tertiary/aromatic N) is 3. The van der Waals surface area contributed by atoms with Crippen LogP contribution in [-0.4, -0.2) is 40.0 Å². The molecule has 0 aliphatic rings. The van der Waals surface area contributed by atoms with Crippen molar-refractivity contribution in [2.75, 3.05) is 13.1 Å². The number of rotatable bonds is 3. The summed E-state index contributed by atoms with van der Waals surface area (Å²) in [6, 6.07) is 0. The Balaban J connectivity index is 4.55. The minimum Gasteiger partial charge on any atom is -0.411 e. The summed E-state index contributed by atoms with van der Waals surface area (Å²) in [5.74, 6) is 0.308. The van der Waals surface area contributed by atoms with Gasteiger partial charge in [0.25, 0.3) is 0 Å². The number of oxime groups is 2. The Bertz CT molecular complexity index is 185. The minimum atomic E-state index is 0.307. The largest absolute Gasteiger partial charge is 0.411 e. The van der Waals surface area contributed by atoms with Crippen LogP contribution in [0.5, 0.6) is 0 Å². The molecule has 0 unspecified atom stereocenters. The van der Waals surface area contributed by atoms with Gasteiger partial charge in [-0.05, 0) is 20.8 Å². The summed E-state index contributed by atoms with van der Waals surface area (Å²) in [5, 5.41) is 23.1. The predicted molar refractivity (Wildman–Crippen MR) is 47.0 cm³/mol. The third kappa shape index (κ3) is 2.41. The van der Waals surface area contributed by atoms with Crippen molar-refractivity contribution in [2.45, 2.75) is 20.8 Å². The monoisotopic (exact) mass is 173 g/mol. The van der Waals surface area contributed by atoms with Crippen molar-refractivity contribution in [2.24, 2.45) is 10.3 Å². The molecule has 2 N–H and O–H groups in total. The highest BCUT2D eigenvalue weighted by atomic mass is 16.4. The second kappa shape index (κ2) is 5.40. The van der Waals surface area contributed by atoms with Crippen molar-refractivity contribution >= 4 is 11.5 Å². The lowest BCUT2D eigenvalue weighted by Gasteiger charge is -2.20. The smallest absolute Gasteiger partial charge is 0.192 e. The van der Waals surface area contributed by atoms with E-state index in [2.05, 4.69) is 10.3 Å². The van der Waals surface area contributed by atoms with Crippen LogP contribution in [0.15, 0.2) is 10.3 Å². The van der Waals surface area contributed by atoms with Crippen molar-refractivity contribution in [3.63, 3.8) is 0 Å². The van der Waals surface area contributed by atoms with Gasteiger partial charge in [0, 0.05) is 13.1 Å². The molecule has 0 atom stereocenters. The van der Waals surface area contributed by atoms with Crippen LogP contribution in [0.3, 0.4) is 0 Å². The van der Waals surface area contributed by atoms with E-state index in [-0.39, 0.29) is 0 Å². The van der Waals surface area contributed by atoms with E-state index in [9.17, 15) is 0 Å². The number of hydrogen-bond acceptors (Lipinski definition) is 4. The summed E-state index contributed by atoms with van der Waals surface area (Å²) in [6.45, 7) is 6.86. The molecule has 0 saturated heterocycles. The lowest BCUT2D eigenvalue weighted by molar-refractivity contribution is 0.301. The Hall–Kier alpha value is -1.26. The fourth-order valence-electron chi connectivity index (χ4n) is 0.932. The normalized spacial score (nSPS) is 13.2. The van der Waals surface area contributed by atoms with Gasteiger partial charge in [0.1, 0.15) is 5.71 Å². The van der Waals surface area contributed by atoms with E-state index in [1.54, 1.807) is 11.8 Å². The van der Waals surface area contributed by atoms with E-state index < -0.39 is 0 Å². The first kappa shape index (κ1) is 10.7. The van der Waals surface area contributed by atoms with Crippen LogP contribution in [0.1, 0.15) is 20.8 Å². The third-order valence-electron chi connectivity index (χ3n) is 1.63. The molecule has 0 heterocycles. The minimum absolute atomic E-state index is 0.307.